The second-order valence-electron chi connectivity index (χ2n) is 22.6. The van der Waals surface area contributed by atoms with E-state index in [1.54, 1.807) is 86.6 Å². The lowest BCUT2D eigenvalue weighted by molar-refractivity contribution is -0.115. The molecule has 13 rings (SSSR count). The number of hydrogen-bond donors (Lipinski definition) is 0. The van der Waals surface area contributed by atoms with Crippen molar-refractivity contribution in [1.82, 2.24) is 0 Å². The van der Waals surface area contributed by atoms with Gasteiger partial charge in [-0.1, -0.05) is 106 Å². The maximum Gasteiger partial charge on any atom is 0.00931 e. The molecule has 0 aliphatic heterocycles. The third-order valence-corrected chi connectivity index (χ3v) is 20.7. The first-order valence-corrected chi connectivity index (χ1v) is 25.5. The van der Waals surface area contributed by atoms with Crippen LogP contribution in [-0.4, -0.2) is 0 Å². The lowest BCUT2D eigenvalue weighted by atomic mass is 9.44. The van der Waals surface area contributed by atoms with Crippen LogP contribution in [0.4, 0.5) is 0 Å². The van der Waals surface area contributed by atoms with Gasteiger partial charge in [0.05, 0.1) is 0 Å². The van der Waals surface area contributed by atoms with Crippen LogP contribution in [0.3, 0.4) is 0 Å². The maximum atomic E-state index is 2.57. The van der Waals surface area contributed by atoms with Crippen LogP contribution in [0.2, 0.25) is 0 Å². The van der Waals surface area contributed by atoms with E-state index in [9.17, 15) is 0 Å². The monoisotopic (exact) mass is 756 g/mol. The third-order valence-electron chi connectivity index (χ3n) is 20.7. The van der Waals surface area contributed by atoms with E-state index in [0.29, 0.717) is 0 Å². The second-order valence-corrected chi connectivity index (χ2v) is 22.6. The molecule has 11 unspecified atom stereocenters. The molecule has 0 nitrogen and oxygen atoms in total. The third kappa shape index (κ3) is 5.62. The molecule has 8 fully saturated rings. The summed E-state index contributed by atoms with van der Waals surface area (Å²) in [6.45, 7) is 0. The minimum Gasteiger partial charge on any atom is -0.0757 e. The summed E-state index contributed by atoms with van der Waals surface area (Å²) >= 11 is 0. The number of benzene rings is 2. The molecule has 2 aromatic rings. The van der Waals surface area contributed by atoms with E-state index in [-0.39, 0.29) is 0 Å². The highest BCUT2D eigenvalue weighted by molar-refractivity contribution is 6.02. The lowest BCUT2D eigenvalue weighted by Gasteiger charge is -2.60. The largest absolute Gasteiger partial charge is 0.0757 e. The van der Waals surface area contributed by atoms with E-state index in [1.165, 1.54) is 98.9 Å². The molecular weight excluding hydrogens is 685 g/mol. The molecular formula is C57H71. The fraction of sp³-hybridized carbons (Fsp3) is 0.667. The van der Waals surface area contributed by atoms with E-state index >= 15 is 0 Å². The van der Waals surface area contributed by atoms with Crippen molar-refractivity contribution in [2.24, 2.45) is 88.8 Å². The number of allylic oxidation sites excluding steroid dienone is 5. The molecule has 11 aliphatic carbocycles. The van der Waals surface area contributed by atoms with Crippen LogP contribution in [0.1, 0.15) is 159 Å². The Morgan fingerprint density at radius 3 is 1.74 bits per heavy atom. The first-order valence-electron chi connectivity index (χ1n) is 25.5. The summed E-state index contributed by atoms with van der Waals surface area (Å²) in [4.78, 5) is 0. The molecule has 11 atom stereocenters. The Labute approximate surface area is 345 Å². The van der Waals surface area contributed by atoms with Crippen LogP contribution in [0, 0.1) is 95.2 Å². The Balaban J connectivity index is 0.742. The minimum absolute atomic E-state index is 0.750. The van der Waals surface area contributed by atoms with Crippen molar-refractivity contribution >= 4 is 28.5 Å². The Morgan fingerprint density at radius 1 is 0.439 bits per heavy atom. The fourth-order valence-corrected chi connectivity index (χ4v) is 18.6. The van der Waals surface area contributed by atoms with Gasteiger partial charge in [0.25, 0.3) is 0 Å². The van der Waals surface area contributed by atoms with Crippen LogP contribution in [0.25, 0.3) is 28.5 Å². The molecule has 0 spiro atoms. The molecule has 299 valence electrons. The average molecular weight is 756 g/mol. The van der Waals surface area contributed by atoms with Crippen LogP contribution in [0.5, 0.6) is 0 Å². The number of rotatable bonds is 4. The zero-order valence-electron chi connectivity index (χ0n) is 35.2. The minimum atomic E-state index is 0.750. The van der Waals surface area contributed by atoms with Gasteiger partial charge in [0.15, 0.2) is 0 Å². The van der Waals surface area contributed by atoms with E-state index in [1.807, 2.05) is 11.1 Å². The molecule has 1 radical (unpaired) electrons. The van der Waals surface area contributed by atoms with Gasteiger partial charge in [-0.15, -0.1) is 0 Å². The van der Waals surface area contributed by atoms with Crippen molar-refractivity contribution in [3.05, 3.63) is 81.6 Å². The fourth-order valence-electron chi connectivity index (χ4n) is 18.6. The van der Waals surface area contributed by atoms with Gasteiger partial charge in [-0.2, -0.15) is 0 Å². The highest BCUT2D eigenvalue weighted by Crippen LogP contribution is 2.64. The molecule has 0 heterocycles. The van der Waals surface area contributed by atoms with Gasteiger partial charge in [0.2, 0.25) is 0 Å². The Bertz CT molecular complexity index is 2110. The van der Waals surface area contributed by atoms with E-state index in [2.05, 4.69) is 61.1 Å². The Morgan fingerprint density at radius 2 is 1.04 bits per heavy atom. The number of hydrogen-bond acceptors (Lipinski definition) is 0. The van der Waals surface area contributed by atoms with Gasteiger partial charge in [0, 0.05) is 6.42 Å². The summed E-state index contributed by atoms with van der Waals surface area (Å²) in [6, 6.07) is 9.24. The van der Waals surface area contributed by atoms with E-state index in [4.69, 9.17) is 0 Å². The van der Waals surface area contributed by atoms with E-state index in [0.717, 1.165) is 88.8 Å². The number of fused-ring (bicyclic) bond motifs is 14. The first kappa shape index (κ1) is 35.4. The molecule has 0 aromatic heterocycles. The van der Waals surface area contributed by atoms with Crippen LogP contribution in [0.15, 0.2) is 53.6 Å². The Kier molecular flexibility index (Phi) is 8.77. The molecule has 0 amide bonds. The van der Waals surface area contributed by atoms with Crippen LogP contribution >= 0.6 is 0 Å². The molecule has 0 saturated heterocycles. The van der Waals surface area contributed by atoms with Crippen molar-refractivity contribution in [2.45, 2.75) is 148 Å². The summed E-state index contributed by atoms with van der Waals surface area (Å²) in [5.41, 5.74) is 8.48. The van der Waals surface area contributed by atoms with Crippen LogP contribution < -0.4 is 10.4 Å². The maximum absolute atomic E-state index is 2.57. The van der Waals surface area contributed by atoms with Crippen molar-refractivity contribution < 1.29 is 0 Å². The smallest absolute Gasteiger partial charge is 0.00931 e. The van der Waals surface area contributed by atoms with Gasteiger partial charge in [-0.25, -0.2) is 0 Å². The predicted octanol–water partition coefficient (Wildman–Crippen LogP) is 13.6. The highest BCUT2D eigenvalue weighted by Gasteiger charge is 2.56. The molecule has 11 aliphatic rings. The summed E-state index contributed by atoms with van der Waals surface area (Å²) in [5, 5.41) is 6.17. The average Bonchev–Trinajstić information content (AvgIpc) is 4.07. The molecule has 0 bridgehead atoms. The second kappa shape index (κ2) is 14.1. The zero-order valence-corrected chi connectivity index (χ0v) is 35.2. The van der Waals surface area contributed by atoms with Gasteiger partial charge >= 0.3 is 0 Å². The molecule has 8 saturated carbocycles. The van der Waals surface area contributed by atoms with Crippen molar-refractivity contribution in [1.29, 1.82) is 0 Å². The molecule has 57 heavy (non-hydrogen) atoms. The topological polar surface area (TPSA) is 0 Å². The van der Waals surface area contributed by atoms with Crippen molar-refractivity contribution in [2.75, 3.05) is 0 Å². The normalized spacial score (nSPS) is 44.3. The quantitative estimate of drug-likeness (QED) is 0.249. The summed E-state index contributed by atoms with van der Waals surface area (Å²) in [5.74, 6) is 15.1. The predicted molar refractivity (Wildman–Crippen MR) is 238 cm³/mol. The van der Waals surface area contributed by atoms with Crippen molar-refractivity contribution in [3.8, 4) is 0 Å². The zero-order chi connectivity index (χ0) is 37.2. The summed E-state index contributed by atoms with van der Waals surface area (Å²) in [6.07, 6.45) is 50.5. The van der Waals surface area contributed by atoms with Gasteiger partial charge in [-0.05, 0) is 235 Å². The highest BCUT2D eigenvalue weighted by atomic mass is 14.6. The van der Waals surface area contributed by atoms with Crippen LogP contribution in [-0.2, 0) is 0 Å². The SMILES string of the molecule is [CH]1C=Cc2c(c3c(c4ccccc24)C=3)=C1C1CCCC(C2C3CCCCC3C(C3CCC(C4CCC5C6=CC=C6C6CCCCC6C5C4)CC3)C3CCCCC32)C1. The summed E-state index contributed by atoms with van der Waals surface area (Å²) in [7, 11) is 0. The molecule has 0 N–H and O–H groups in total. The molecule has 2 aromatic carbocycles. The Hall–Kier alpha value is -2.34. The molecule has 0 heteroatoms. The van der Waals surface area contributed by atoms with Gasteiger partial charge in [0.1, 0.15) is 0 Å². The lowest BCUT2D eigenvalue weighted by Crippen LogP contribution is -2.53. The van der Waals surface area contributed by atoms with Crippen molar-refractivity contribution in [3.63, 3.8) is 0 Å². The van der Waals surface area contributed by atoms with Gasteiger partial charge in [-0.3, -0.25) is 0 Å². The summed E-state index contributed by atoms with van der Waals surface area (Å²) < 4.78 is 0. The first-order chi connectivity index (χ1) is 28.3. The van der Waals surface area contributed by atoms with Gasteiger partial charge < -0.3 is 0 Å². The standard InChI is InChI=1S/C57H71/c1-3-15-42-40(13-1)44-29-30-45(44)46-28-27-36(32-52(42)46)34-23-25-35(26-24-34)55-48-17-5-7-19-50(48)56(51-20-8-6-18-49(51)55)38-12-9-11-37(31-38)39-21-10-22-47-41-14-2-4-16-43(41)53-33-54(53)57(39)47/h2,4,10,14,16,21-22,29-30,33-38,40,42,46,48-52,55-56H,1,3,5-9,11-13,15,17-20,23-28,31-32H2. The van der Waals surface area contributed by atoms with E-state index < -0.39 is 0 Å².